The summed E-state index contributed by atoms with van der Waals surface area (Å²) in [6, 6.07) is 20.2. The zero-order valence-corrected chi connectivity index (χ0v) is 19.4. The van der Waals surface area contributed by atoms with Crippen molar-refractivity contribution in [3.63, 3.8) is 0 Å². The van der Waals surface area contributed by atoms with E-state index >= 15 is 0 Å². The third-order valence-electron chi connectivity index (χ3n) is 5.35. The van der Waals surface area contributed by atoms with E-state index in [0.29, 0.717) is 20.9 Å². The number of hydrogen-bond acceptors (Lipinski definition) is 9. The minimum absolute atomic E-state index is 0.164. The molecule has 0 amide bonds. The van der Waals surface area contributed by atoms with Gasteiger partial charge < -0.3 is 0 Å². The van der Waals surface area contributed by atoms with E-state index in [1.54, 1.807) is 48.5 Å². The second kappa shape index (κ2) is 10.2. The highest BCUT2D eigenvalue weighted by atomic mass is 32.2. The maximum absolute atomic E-state index is 11.7. The van der Waals surface area contributed by atoms with Gasteiger partial charge in [-0.25, -0.2) is 0 Å². The molecule has 0 N–H and O–H groups in total. The molecular weight excluding hydrogens is 504 g/mol. The Labute approximate surface area is 211 Å². The number of nitro benzene ring substituents is 4. The molecule has 184 valence electrons. The van der Waals surface area contributed by atoms with Crippen LogP contribution in [-0.2, 0) is 0 Å². The maximum atomic E-state index is 11.7. The summed E-state index contributed by atoms with van der Waals surface area (Å²) in [7, 11) is 0. The van der Waals surface area contributed by atoms with Crippen LogP contribution in [-0.4, -0.2) is 19.7 Å². The predicted octanol–water partition coefficient (Wildman–Crippen LogP) is 6.80. The zero-order valence-electron chi connectivity index (χ0n) is 18.5. The molecule has 0 fully saturated rings. The van der Waals surface area contributed by atoms with Crippen LogP contribution in [0.1, 0.15) is 0 Å². The van der Waals surface area contributed by atoms with Crippen molar-refractivity contribution in [2.75, 3.05) is 0 Å². The van der Waals surface area contributed by atoms with Gasteiger partial charge >= 0.3 is 0 Å². The Morgan fingerprint density at radius 2 is 0.838 bits per heavy atom. The summed E-state index contributed by atoms with van der Waals surface area (Å²) in [5.41, 5.74) is -0.532. The molecule has 0 radical (unpaired) electrons. The molecule has 0 aliphatic rings. The zero-order chi connectivity index (χ0) is 26.7. The SMILES string of the molecule is O=[N+]([O-])c1ccc(-c2ccccc2Sc2ccccc2-c2ccc([N+](=O)[O-])cc2[N+](=O)[O-])c([N+](=O)[O-])c1. The molecule has 0 bridgehead atoms. The van der Waals surface area contributed by atoms with Crippen LogP contribution in [0.25, 0.3) is 22.3 Å². The topological polar surface area (TPSA) is 173 Å². The predicted molar refractivity (Wildman–Crippen MR) is 134 cm³/mol. The molecule has 0 aliphatic carbocycles. The lowest BCUT2D eigenvalue weighted by molar-refractivity contribution is -0.394. The van der Waals surface area contributed by atoms with Crippen LogP contribution in [0.4, 0.5) is 22.7 Å². The van der Waals surface area contributed by atoms with Gasteiger partial charge in [0.05, 0.1) is 43.0 Å². The first-order valence-electron chi connectivity index (χ1n) is 10.4. The maximum Gasteiger partial charge on any atom is 0.284 e. The van der Waals surface area contributed by atoms with E-state index in [1.807, 2.05) is 0 Å². The van der Waals surface area contributed by atoms with Crippen molar-refractivity contribution < 1.29 is 19.7 Å². The fraction of sp³-hybridized carbons (Fsp3) is 0. The average molecular weight is 518 g/mol. The highest BCUT2D eigenvalue weighted by molar-refractivity contribution is 7.99. The fourth-order valence-electron chi connectivity index (χ4n) is 3.70. The van der Waals surface area contributed by atoms with Gasteiger partial charge in [0.15, 0.2) is 0 Å². The molecule has 0 saturated carbocycles. The summed E-state index contributed by atoms with van der Waals surface area (Å²) < 4.78 is 0. The van der Waals surface area contributed by atoms with Gasteiger partial charge in [-0.1, -0.05) is 48.2 Å². The quantitative estimate of drug-likeness (QED) is 0.179. The fourth-order valence-corrected chi connectivity index (χ4v) is 4.81. The van der Waals surface area contributed by atoms with Crippen LogP contribution in [0, 0.1) is 40.5 Å². The highest BCUT2D eigenvalue weighted by Crippen LogP contribution is 2.45. The van der Waals surface area contributed by atoms with Crippen molar-refractivity contribution in [3.8, 4) is 22.3 Å². The molecule has 12 nitrogen and oxygen atoms in total. The minimum atomic E-state index is -0.717. The largest absolute Gasteiger partial charge is 0.284 e. The van der Waals surface area contributed by atoms with E-state index in [1.165, 1.54) is 36.0 Å². The summed E-state index contributed by atoms with van der Waals surface area (Å²) in [4.78, 5) is 44.0. The lowest BCUT2D eigenvalue weighted by Gasteiger charge is -2.13. The third-order valence-corrected chi connectivity index (χ3v) is 6.50. The van der Waals surface area contributed by atoms with Gasteiger partial charge in [-0.05, 0) is 24.3 Å². The van der Waals surface area contributed by atoms with Crippen molar-refractivity contribution in [2.24, 2.45) is 0 Å². The van der Waals surface area contributed by atoms with E-state index in [4.69, 9.17) is 0 Å². The van der Waals surface area contributed by atoms with Crippen molar-refractivity contribution >= 4 is 34.5 Å². The molecule has 0 saturated heterocycles. The number of benzene rings is 4. The van der Waals surface area contributed by atoms with Crippen LogP contribution in [0.2, 0.25) is 0 Å². The Morgan fingerprint density at radius 3 is 1.19 bits per heavy atom. The summed E-state index contributed by atoms with van der Waals surface area (Å²) in [6.45, 7) is 0. The van der Waals surface area contributed by atoms with Crippen LogP contribution >= 0.6 is 11.8 Å². The number of rotatable bonds is 8. The molecular formula is C24H14N4O8S. The monoisotopic (exact) mass is 518 g/mol. The Hall–Kier alpha value is -5.17. The standard InChI is InChI=1S/C24H14N4O8S/c29-25(30)15-9-11-17(21(13-15)27(33)34)19-5-1-3-7-23(19)37-24-8-4-2-6-20(24)18-12-10-16(26(31)32)14-22(18)28(35)36/h1-14H. The normalized spacial score (nSPS) is 10.6. The number of hydrogen-bond donors (Lipinski definition) is 0. The highest BCUT2D eigenvalue weighted by Gasteiger charge is 2.25. The first-order chi connectivity index (χ1) is 17.7. The number of nitro groups is 4. The molecule has 0 aliphatic heterocycles. The van der Waals surface area contributed by atoms with Gasteiger partial charge in [-0.3, -0.25) is 40.5 Å². The van der Waals surface area contributed by atoms with Gasteiger partial charge in [0, 0.05) is 33.1 Å². The third kappa shape index (κ3) is 5.11. The van der Waals surface area contributed by atoms with Crippen molar-refractivity contribution in [1.82, 2.24) is 0 Å². The second-order valence-electron chi connectivity index (χ2n) is 7.53. The van der Waals surface area contributed by atoms with Gasteiger partial charge in [0.2, 0.25) is 0 Å². The molecule has 13 heteroatoms. The van der Waals surface area contributed by atoms with Crippen LogP contribution in [0.15, 0.2) is 94.7 Å². The van der Waals surface area contributed by atoms with Crippen LogP contribution in [0.3, 0.4) is 0 Å². The molecule has 0 aromatic heterocycles. The van der Waals surface area contributed by atoms with E-state index < -0.39 is 42.4 Å². The number of nitrogens with zero attached hydrogens (tertiary/aromatic N) is 4. The molecule has 37 heavy (non-hydrogen) atoms. The van der Waals surface area contributed by atoms with Crippen molar-refractivity contribution in [2.45, 2.75) is 9.79 Å². The van der Waals surface area contributed by atoms with Gasteiger partial charge in [0.1, 0.15) is 0 Å². The lowest BCUT2D eigenvalue weighted by atomic mass is 10.0. The Bertz CT molecular complexity index is 1470. The first kappa shape index (κ1) is 24.9. The van der Waals surface area contributed by atoms with Crippen molar-refractivity contribution in [1.29, 1.82) is 0 Å². The second-order valence-corrected chi connectivity index (χ2v) is 8.61. The molecule has 0 heterocycles. The Balaban J connectivity index is 1.84. The van der Waals surface area contributed by atoms with Crippen LogP contribution < -0.4 is 0 Å². The molecule has 0 atom stereocenters. The summed E-state index contributed by atoms with van der Waals surface area (Å²) in [6.07, 6.45) is 0. The summed E-state index contributed by atoms with van der Waals surface area (Å²) in [5, 5.41) is 45.7. The molecule has 0 spiro atoms. The van der Waals surface area contributed by atoms with Gasteiger partial charge in [-0.15, -0.1) is 0 Å². The Morgan fingerprint density at radius 1 is 0.459 bits per heavy atom. The molecule has 0 unspecified atom stereocenters. The van der Waals surface area contributed by atoms with E-state index in [2.05, 4.69) is 0 Å². The number of non-ortho nitro benzene ring substituents is 2. The molecule has 4 aromatic carbocycles. The van der Waals surface area contributed by atoms with Crippen molar-refractivity contribution in [3.05, 3.63) is 125 Å². The lowest BCUT2D eigenvalue weighted by Crippen LogP contribution is -1.97. The molecule has 4 rings (SSSR count). The first-order valence-corrected chi connectivity index (χ1v) is 11.2. The smallest absolute Gasteiger partial charge is 0.258 e. The Kier molecular flexibility index (Phi) is 6.88. The van der Waals surface area contributed by atoms with E-state index in [0.717, 1.165) is 12.1 Å². The average Bonchev–Trinajstić information content (AvgIpc) is 2.88. The summed E-state index contributed by atoms with van der Waals surface area (Å²) >= 11 is 1.18. The summed E-state index contributed by atoms with van der Waals surface area (Å²) in [5.74, 6) is 0. The minimum Gasteiger partial charge on any atom is -0.258 e. The van der Waals surface area contributed by atoms with E-state index in [-0.39, 0.29) is 11.1 Å². The van der Waals surface area contributed by atoms with Crippen LogP contribution in [0.5, 0.6) is 0 Å². The molecule has 4 aromatic rings. The van der Waals surface area contributed by atoms with Gasteiger partial charge in [0.25, 0.3) is 22.7 Å². The van der Waals surface area contributed by atoms with E-state index in [9.17, 15) is 40.5 Å². The van der Waals surface area contributed by atoms with Gasteiger partial charge in [-0.2, -0.15) is 0 Å².